The van der Waals surface area contributed by atoms with Crippen LogP contribution >= 0.6 is 0 Å². The van der Waals surface area contributed by atoms with Crippen molar-refractivity contribution in [2.45, 2.75) is 91.0 Å². The van der Waals surface area contributed by atoms with Crippen LogP contribution < -0.4 is 10.1 Å². The molecule has 42 heavy (non-hydrogen) atoms. The van der Waals surface area contributed by atoms with Gasteiger partial charge in [-0.25, -0.2) is 0 Å². The molecule has 7 heteroatoms. The minimum absolute atomic E-state index is 0.0446. The van der Waals surface area contributed by atoms with Crippen LogP contribution in [0.2, 0.25) is 18.1 Å². The number of nitrogens with one attached hydrogen (secondary N) is 1. The van der Waals surface area contributed by atoms with Crippen molar-refractivity contribution >= 4 is 14.3 Å². The predicted molar refractivity (Wildman–Crippen MR) is 172 cm³/mol. The molecule has 3 atom stereocenters. The van der Waals surface area contributed by atoms with Gasteiger partial charge in [-0.15, -0.1) is 0 Å². The molecular formula is C35H49NO5Si. The molecule has 0 bridgehead atoms. The van der Waals surface area contributed by atoms with Crippen molar-refractivity contribution in [3.05, 3.63) is 101 Å². The first-order valence-electron chi connectivity index (χ1n) is 14.9. The predicted octanol–water partition coefficient (Wildman–Crippen LogP) is 7.30. The average molecular weight is 592 g/mol. The van der Waals surface area contributed by atoms with Crippen LogP contribution in [0.4, 0.5) is 0 Å². The zero-order valence-corrected chi connectivity index (χ0v) is 27.3. The standard InChI is InChI=1S/C35H49NO5Si/c1-25(34(38)39)18-28-14-11-15-29(20-28)19-26(2)36-22-33(41-42(6,7)35(3,4)5)30-16-17-32(31(21-30)23-37)40-24-27-12-9-8-10-13-27/h8-17,20-21,25-26,33,36-37H,18-19,22-24H2,1-7H3,(H,38,39)/t25?,26-,33+/m1/s1. The van der Waals surface area contributed by atoms with Crippen molar-refractivity contribution < 1.29 is 24.2 Å². The van der Waals surface area contributed by atoms with Crippen molar-refractivity contribution in [2.24, 2.45) is 5.92 Å². The van der Waals surface area contributed by atoms with Gasteiger partial charge in [0.1, 0.15) is 12.4 Å². The Morgan fingerprint density at radius 1 is 0.905 bits per heavy atom. The molecule has 3 rings (SSSR count). The Morgan fingerprint density at radius 2 is 1.55 bits per heavy atom. The smallest absolute Gasteiger partial charge is 0.306 e. The molecule has 0 aliphatic rings. The van der Waals surface area contributed by atoms with E-state index in [1.165, 1.54) is 5.56 Å². The summed E-state index contributed by atoms with van der Waals surface area (Å²) in [5, 5.41) is 23.2. The maximum absolute atomic E-state index is 11.3. The first kappa shape index (κ1) is 33.5. The summed E-state index contributed by atoms with van der Waals surface area (Å²) >= 11 is 0. The van der Waals surface area contributed by atoms with Gasteiger partial charge in [-0.05, 0) is 72.3 Å². The maximum atomic E-state index is 11.3. The minimum Gasteiger partial charge on any atom is -0.489 e. The number of aliphatic hydroxyl groups is 1. The normalized spacial score (nSPS) is 14.3. The highest BCUT2D eigenvalue weighted by Crippen LogP contribution is 2.40. The van der Waals surface area contributed by atoms with E-state index in [4.69, 9.17) is 9.16 Å². The van der Waals surface area contributed by atoms with Crippen molar-refractivity contribution in [2.75, 3.05) is 6.54 Å². The summed E-state index contributed by atoms with van der Waals surface area (Å²) in [5.74, 6) is -0.513. The molecule has 0 radical (unpaired) electrons. The third kappa shape index (κ3) is 9.80. The van der Waals surface area contributed by atoms with E-state index in [9.17, 15) is 15.0 Å². The summed E-state index contributed by atoms with van der Waals surface area (Å²) in [6.07, 6.45) is 1.15. The molecule has 228 valence electrons. The number of ether oxygens (including phenoxy) is 1. The van der Waals surface area contributed by atoms with E-state index in [1.54, 1.807) is 6.92 Å². The molecule has 0 amide bonds. The van der Waals surface area contributed by atoms with E-state index in [-0.39, 0.29) is 23.8 Å². The van der Waals surface area contributed by atoms with Crippen LogP contribution in [0, 0.1) is 5.92 Å². The van der Waals surface area contributed by atoms with E-state index >= 15 is 0 Å². The zero-order valence-electron chi connectivity index (χ0n) is 26.3. The highest BCUT2D eigenvalue weighted by atomic mass is 28.4. The van der Waals surface area contributed by atoms with Crippen LogP contribution in [0.3, 0.4) is 0 Å². The van der Waals surface area contributed by atoms with Gasteiger partial charge in [0, 0.05) is 18.2 Å². The molecule has 0 saturated heterocycles. The Morgan fingerprint density at radius 3 is 2.17 bits per heavy atom. The van der Waals surface area contributed by atoms with Gasteiger partial charge >= 0.3 is 5.97 Å². The highest BCUT2D eigenvalue weighted by Gasteiger charge is 2.39. The van der Waals surface area contributed by atoms with Gasteiger partial charge in [-0.2, -0.15) is 0 Å². The van der Waals surface area contributed by atoms with E-state index in [0.717, 1.165) is 28.7 Å². The lowest BCUT2D eigenvalue weighted by molar-refractivity contribution is -0.141. The second-order valence-electron chi connectivity index (χ2n) is 12.9. The van der Waals surface area contributed by atoms with Crippen molar-refractivity contribution in [3.63, 3.8) is 0 Å². The van der Waals surface area contributed by atoms with Crippen LogP contribution in [-0.2, 0) is 35.3 Å². The quantitative estimate of drug-likeness (QED) is 0.161. The first-order chi connectivity index (χ1) is 19.8. The molecule has 1 unspecified atom stereocenters. The molecule has 6 nitrogen and oxygen atoms in total. The summed E-state index contributed by atoms with van der Waals surface area (Å²) in [4.78, 5) is 11.3. The van der Waals surface area contributed by atoms with Gasteiger partial charge in [0.15, 0.2) is 8.32 Å². The van der Waals surface area contributed by atoms with Crippen LogP contribution in [0.5, 0.6) is 5.75 Å². The van der Waals surface area contributed by atoms with Crippen molar-refractivity contribution in [1.82, 2.24) is 5.32 Å². The molecule has 0 heterocycles. The van der Waals surface area contributed by atoms with E-state index in [2.05, 4.69) is 64.3 Å². The summed E-state index contributed by atoms with van der Waals surface area (Å²) in [6.45, 7) is 16.1. The summed E-state index contributed by atoms with van der Waals surface area (Å²) < 4.78 is 13.0. The van der Waals surface area contributed by atoms with Crippen LogP contribution in [0.1, 0.15) is 68.5 Å². The third-order valence-electron chi connectivity index (χ3n) is 8.26. The van der Waals surface area contributed by atoms with Gasteiger partial charge in [0.2, 0.25) is 0 Å². The topological polar surface area (TPSA) is 88.0 Å². The lowest BCUT2D eigenvalue weighted by Crippen LogP contribution is -2.44. The Balaban J connectivity index is 1.75. The monoisotopic (exact) mass is 591 g/mol. The zero-order chi connectivity index (χ0) is 30.9. The third-order valence-corrected chi connectivity index (χ3v) is 12.7. The van der Waals surface area contributed by atoms with Crippen LogP contribution in [-0.4, -0.2) is 37.1 Å². The summed E-state index contributed by atoms with van der Waals surface area (Å²) in [5.41, 5.74) is 5.05. The molecule has 3 aromatic carbocycles. The Bertz CT molecular complexity index is 1290. The maximum Gasteiger partial charge on any atom is 0.306 e. The van der Waals surface area contributed by atoms with E-state index in [0.29, 0.717) is 25.3 Å². The number of carboxylic acid groups (broad SMARTS) is 1. The summed E-state index contributed by atoms with van der Waals surface area (Å²) in [7, 11) is -2.11. The molecule has 0 aliphatic heterocycles. The Labute approximate surface area is 253 Å². The molecule has 0 fully saturated rings. The van der Waals surface area contributed by atoms with Crippen molar-refractivity contribution in [3.8, 4) is 5.75 Å². The number of hydrogen-bond acceptors (Lipinski definition) is 5. The second kappa shape index (κ2) is 15.0. The largest absolute Gasteiger partial charge is 0.489 e. The minimum atomic E-state index is -2.11. The van der Waals surface area contributed by atoms with Crippen LogP contribution in [0.15, 0.2) is 72.8 Å². The number of carbonyl (C=O) groups is 1. The number of aliphatic carboxylic acids is 1. The number of rotatable bonds is 15. The SMILES string of the molecule is CC(Cc1cccc(C[C@@H](C)NC[C@H](O[Si](C)(C)C(C)(C)C)c2ccc(OCc3ccccc3)c(CO)c2)c1)C(=O)O. The molecule has 0 aromatic heterocycles. The number of benzene rings is 3. The van der Waals surface area contributed by atoms with Crippen molar-refractivity contribution in [1.29, 1.82) is 0 Å². The molecule has 0 spiro atoms. The lowest BCUT2D eigenvalue weighted by Gasteiger charge is -2.40. The fraction of sp³-hybridized carbons (Fsp3) is 0.457. The number of aliphatic hydroxyl groups excluding tert-OH is 1. The second-order valence-corrected chi connectivity index (χ2v) is 17.7. The van der Waals surface area contributed by atoms with E-state index < -0.39 is 20.2 Å². The summed E-state index contributed by atoms with van der Waals surface area (Å²) in [6, 6.07) is 24.4. The number of carboxylic acids is 1. The van der Waals surface area contributed by atoms with Gasteiger partial charge < -0.3 is 24.7 Å². The molecule has 0 aliphatic carbocycles. The fourth-order valence-corrected chi connectivity index (χ4v) is 5.90. The Hall–Kier alpha value is -2.97. The fourth-order valence-electron chi connectivity index (χ4n) is 4.62. The molecular weight excluding hydrogens is 542 g/mol. The van der Waals surface area contributed by atoms with Crippen LogP contribution in [0.25, 0.3) is 0 Å². The number of hydrogen-bond donors (Lipinski definition) is 3. The first-order valence-corrected chi connectivity index (χ1v) is 17.8. The van der Waals surface area contributed by atoms with Gasteiger partial charge in [0.05, 0.1) is 18.6 Å². The van der Waals surface area contributed by atoms with Gasteiger partial charge in [-0.1, -0.05) is 88.4 Å². The molecule has 0 saturated carbocycles. The average Bonchev–Trinajstić information content (AvgIpc) is 2.94. The highest BCUT2D eigenvalue weighted by molar-refractivity contribution is 6.74. The van der Waals surface area contributed by atoms with Gasteiger partial charge in [-0.3, -0.25) is 4.79 Å². The Kier molecular flexibility index (Phi) is 11.9. The van der Waals surface area contributed by atoms with Gasteiger partial charge in [0.25, 0.3) is 0 Å². The lowest BCUT2D eigenvalue weighted by atomic mass is 9.97. The van der Waals surface area contributed by atoms with E-state index in [1.807, 2.05) is 54.6 Å². The molecule has 3 aromatic rings. The molecule has 3 N–H and O–H groups in total.